The number of rotatable bonds is 1. The number of aromatic amines is 1. The highest BCUT2D eigenvalue weighted by Gasteiger charge is 2.25. The third kappa shape index (κ3) is 2.09. The zero-order chi connectivity index (χ0) is 16.1. The molecule has 3 aromatic rings. The van der Waals surface area contributed by atoms with Crippen LogP contribution in [0, 0.1) is 20.8 Å². The highest BCUT2D eigenvalue weighted by atomic mass is 16.1. The number of H-pyrrole nitrogens is 1. The van der Waals surface area contributed by atoms with Gasteiger partial charge in [0.25, 0.3) is 11.3 Å². The first-order chi connectivity index (χ1) is 11.0. The Morgan fingerprint density at radius 3 is 2.87 bits per heavy atom. The van der Waals surface area contributed by atoms with Gasteiger partial charge in [-0.15, -0.1) is 0 Å². The molecular weight excluding hydrogens is 294 g/mol. The highest BCUT2D eigenvalue weighted by Crippen LogP contribution is 2.26. The second kappa shape index (κ2) is 4.87. The lowest BCUT2D eigenvalue weighted by Crippen LogP contribution is -2.37. The predicted molar refractivity (Wildman–Crippen MR) is 84.6 cm³/mol. The Bertz CT molecular complexity index is 972. The number of hydrogen-bond acceptors (Lipinski definition) is 6. The summed E-state index contributed by atoms with van der Waals surface area (Å²) in [7, 11) is 0. The quantitative estimate of drug-likeness (QED) is 0.711. The highest BCUT2D eigenvalue weighted by molar-refractivity contribution is 5.55. The molecule has 1 aliphatic heterocycles. The number of fused-ring (bicyclic) bond motifs is 2. The lowest BCUT2D eigenvalue weighted by molar-refractivity contribution is 0.667. The van der Waals surface area contributed by atoms with Gasteiger partial charge in [0.1, 0.15) is 18.0 Å². The molecule has 0 radical (unpaired) electrons. The van der Waals surface area contributed by atoms with Crippen molar-refractivity contribution in [2.45, 2.75) is 33.7 Å². The van der Waals surface area contributed by atoms with E-state index in [4.69, 9.17) is 0 Å². The summed E-state index contributed by atoms with van der Waals surface area (Å²) >= 11 is 0. The third-order valence-electron chi connectivity index (χ3n) is 4.36. The number of anilines is 1. The summed E-state index contributed by atoms with van der Waals surface area (Å²) in [5, 5.41) is 4.29. The second-order valence-electron chi connectivity index (χ2n) is 5.87. The average Bonchev–Trinajstić information content (AvgIpc) is 2.96. The van der Waals surface area contributed by atoms with E-state index < -0.39 is 0 Å². The topological polar surface area (TPSA) is 92.1 Å². The molecule has 1 N–H and O–H groups in total. The number of aromatic nitrogens is 6. The Morgan fingerprint density at radius 2 is 2.04 bits per heavy atom. The summed E-state index contributed by atoms with van der Waals surface area (Å²) in [6, 6.07) is 0. The molecule has 0 unspecified atom stereocenters. The minimum Gasteiger partial charge on any atom is -0.351 e. The summed E-state index contributed by atoms with van der Waals surface area (Å²) in [4.78, 5) is 30.3. The van der Waals surface area contributed by atoms with E-state index in [1.807, 2.05) is 20.8 Å². The van der Waals surface area contributed by atoms with Crippen LogP contribution in [0.5, 0.6) is 0 Å². The van der Waals surface area contributed by atoms with Gasteiger partial charge in [-0.25, -0.2) is 9.97 Å². The zero-order valence-electron chi connectivity index (χ0n) is 13.3. The summed E-state index contributed by atoms with van der Waals surface area (Å²) < 4.78 is 1.74. The standard InChI is InChI=1S/C15H17N7O/c1-8-9(2)18-15-16-7-17-22(15)14(8)21-5-4-12-11(6-21)13(23)20-10(3)19-12/h7H,4-6H2,1-3H3,(H,19,20,23). The first-order valence-corrected chi connectivity index (χ1v) is 7.55. The van der Waals surface area contributed by atoms with E-state index in [-0.39, 0.29) is 5.56 Å². The molecule has 4 rings (SSSR count). The summed E-state index contributed by atoms with van der Waals surface area (Å²) in [5.41, 5.74) is 3.52. The Morgan fingerprint density at radius 1 is 1.22 bits per heavy atom. The fourth-order valence-corrected chi connectivity index (χ4v) is 3.12. The molecule has 4 heterocycles. The third-order valence-corrected chi connectivity index (χ3v) is 4.36. The van der Waals surface area contributed by atoms with Gasteiger partial charge < -0.3 is 9.88 Å². The van der Waals surface area contributed by atoms with Gasteiger partial charge in [0, 0.05) is 24.2 Å². The van der Waals surface area contributed by atoms with Crippen LogP contribution >= 0.6 is 0 Å². The van der Waals surface area contributed by atoms with Crippen molar-refractivity contribution < 1.29 is 0 Å². The van der Waals surface area contributed by atoms with Gasteiger partial charge in [-0.3, -0.25) is 4.79 Å². The first-order valence-electron chi connectivity index (χ1n) is 7.55. The number of nitrogens with zero attached hydrogens (tertiary/aromatic N) is 6. The maximum Gasteiger partial charge on any atom is 0.256 e. The normalized spacial score (nSPS) is 14.3. The Labute approximate surface area is 132 Å². The van der Waals surface area contributed by atoms with Crippen molar-refractivity contribution in [2.75, 3.05) is 11.4 Å². The SMILES string of the molecule is Cc1nc2c(c(=O)[nH]1)CN(c1c(C)c(C)nc3ncnn13)CC2. The van der Waals surface area contributed by atoms with Gasteiger partial charge >= 0.3 is 0 Å². The van der Waals surface area contributed by atoms with Crippen molar-refractivity contribution in [3.63, 3.8) is 0 Å². The molecule has 0 amide bonds. The minimum absolute atomic E-state index is 0.0598. The summed E-state index contributed by atoms with van der Waals surface area (Å²) in [6.45, 7) is 7.08. The van der Waals surface area contributed by atoms with Crippen molar-refractivity contribution in [3.05, 3.63) is 45.0 Å². The van der Waals surface area contributed by atoms with Gasteiger partial charge in [-0.1, -0.05) is 0 Å². The van der Waals surface area contributed by atoms with E-state index in [0.717, 1.165) is 41.3 Å². The minimum atomic E-state index is -0.0598. The van der Waals surface area contributed by atoms with Crippen LogP contribution in [0.4, 0.5) is 5.82 Å². The van der Waals surface area contributed by atoms with E-state index in [2.05, 4.69) is 29.9 Å². The Hall–Kier alpha value is -2.77. The van der Waals surface area contributed by atoms with Crippen LogP contribution in [0.2, 0.25) is 0 Å². The molecular formula is C15H17N7O. The molecule has 3 aromatic heterocycles. The molecule has 0 saturated carbocycles. The maximum atomic E-state index is 12.3. The lowest BCUT2D eigenvalue weighted by atomic mass is 10.1. The lowest BCUT2D eigenvalue weighted by Gasteiger charge is -2.30. The molecule has 0 saturated heterocycles. The molecule has 8 nitrogen and oxygen atoms in total. The number of aryl methyl sites for hydroxylation is 2. The molecule has 0 atom stereocenters. The molecule has 118 valence electrons. The number of nitrogens with one attached hydrogen (secondary N) is 1. The van der Waals surface area contributed by atoms with Crippen LogP contribution in [-0.2, 0) is 13.0 Å². The maximum absolute atomic E-state index is 12.3. The van der Waals surface area contributed by atoms with Crippen LogP contribution in [-0.4, -0.2) is 36.1 Å². The van der Waals surface area contributed by atoms with E-state index in [0.29, 0.717) is 18.1 Å². The first kappa shape index (κ1) is 13.9. The summed E-state index contributed by atoms with van der Waals surface area (Å²) in [6.07, 6.45) is 2.23. The van der Waals surface area contributed by atoms with E-state index >= 15 is 0 Å². The fourth-order valence-electron chi connectivity index (χ4n) is 3.12. The van der Waals surface area contributed by atoms with Crippen molar-refractivity contribution in [3.8, 4) is 0 Å². The second-order valence-corrected chi connectivity index (χ2v) is 5.87. The smallest absolute Gasteiger partial charge is 0.256 e. The van der Waals surface area contributed by atoms with Crippen LogP contribution < -0.4 is 10.5 Å². The molecule has 0 fully saturated rings. The van der Waals surface area contributed by atoms with Crippen LogP contribution in [0.1, 0.15) is 28.3 Å². The van der Waals surface area contributed by atoms with E-state index in [1.54, 1.807) is 4.52 Å². The van der Waals surface area contributed by atoms with E-state index in [1.165, 1.54) is 6.33 Å². The van der Waals surface area contributed by atoms with Crippen molar-refractivity contribution in [1.82, 2.24) is 29.5 Å². The average molecular weight is 311 g/mol. The van der Waals surface area contributed by atoms with Crippen molar-refractivity contribution in [2.24, 2.45) is 0 Å². The molecule has 0 aromatic carbocycles. The van der Waals surface area contributed by atoms with Crippen molar-refractivity contribution in [1.29, 1.82) is 0 Å². The van der Waals surface area contributed by atoms with Gasteiger partial charge in [0.2, 0.25) is 0 Å². The van der Waals surface area contributed by atoms with Crippen LogP contribution in [0.3, 0.4) is 0 Å². The van der Waals surface area contributed by atoms with Crippen LogP contribution in [0.15, 0.2) is 11.1 Å². The number of hydrogen-bond donors (Lipinski definition) is 1. The van der Waals surface area contributed by atoms with Crippen molar-refractivity contribution >= 4 is 11.6 Å². The van der Waals surface area contributed by atoms with Gasteiger partial charge in [-0.05, 0) is 20.8 Å². The van der Waals surface area contributed by atoms with Crippen LogP contribution in [0.25, 0.3) is 5.78 Å². The molecule has 0 aliphatic carbocycles. The Kier molecular flexibility index (Phi) is 2.93. The monoisotopic (exact) mass is 311 g/mol. The summed E-state index contributed by atoms with van der Waals surface area (Å²) in [5.74, 6) is 2.18. The molecule has 0 spiro atoms. The molecule has 8 heteroatoms. The van der Waals surface area contributed by atoms with Gasteiger partial charge in [0.15, 0.2) is 0 Å². The van der Waals surface area contributed by atoms with Gasteiger partial charge in [0.05, 0.1) is 17.8 Å². The largest absolute Gasteiger partial charge is 0.351 e. The Balaban J connectivity index is 1.86. The molecule has 0 bridgehead atoms. The molecule has 23 heavy (non-hydrogen) atoms. The molecule has 1 aliphatic rings. The fraction of sp³-hybridized carbons (Fsp3) is 0.400. The zero-order valence-corrected chi connectivity index (χ0v) is 13.3. The van der Waals surface area contributed by atoms with E-state index in [9.17, 15) is 4.79 Å². The predicted octanol–water partition coefficient (Wildman–Crippen LogP) is 0.696. The van der Waals surface area contributed by atoms with Gasteiger partial charge in [-0.2, -0.15) is 14.6 Å².